The number of hydrogen-bond acceptors (Lipinski definition) is 1. The van der Waals surface area contributed by atoms with E-state index in [0.29, 0.717) is 0 Å². The second kappa shape index (κ2) is 5.41. The second-order valence-corrected chi connectivity index (χ2v) is 7.18. The first-order valence-corrected chi connectivity index (χ1v) is 8.81. The summed E-state index contributed by atoms with van der Waals surface area (Å²) in [7, 11) is -1.79. The van der Waals surface area contributed by atoms with Crippen LogP contribution in [-0.4, -0.2) is 13.8 Å². The molecule has 4 aromatic rings. The van der Waals surface area contributed by atoms with Crippen molar-refractivity contribution >= 4 is 41.0 Å². The third-order valence-electron chi connectivity index (χ3n) is 4.09. The van der Waals surface area contributed by atoms with E-state index < -0.39 is 9.04 Å². The Morgan fingerprint density at radius 2 is 0.909 bits per heavy atom. The van der Waals surface area contributed by atoms with Gasteiger partial charge in [0, 0.05) is 0 Å². The number of rotatable bonds is 2. The van der Waals surface area contributed by atoms with Crippen LogP contribution in [0.3, 0.4) is 0 Å². The van der Waals surface area contributed by atoms with Crippen LogP contribution in [-0.2, 0) is 0 Å². The fraction of sp³-hybridized carbons (Fsp3) is 0. The fourth-order valence-corrected chi connectivity index (χ4v) is 4.77. The molecular formula is C20H15OSi. The summed E-state index contributed by atoms with van der Waals surface area (Å²) in [5, 5.41) is 6.76. The van der Waals surface area contributed by atoms with Crippen LogP contribution in [0.1, 0.15) is 0 Å². The van der Waals surface area contributed by atoms with E-state index in [4.69, 9.17) is 0 Å². The molecule has 1 radical (unpaired) electrons. The molecule has 0 atom stereocenters. The van der Waals surface area contributed by atoms with E-state index in [0.717, 1.165) is 21.1 Å². The summed E-state index contributed by atoms with van der Waals surface area (Å²) in [6, 6.07) is 28.9. The predicted molar refractivity (Wildman–Crippen MR) is 95.1 cm³/mol. The molecule has 0 aliphatic rings. The van der Waals surface area contributed by atoms with Crippen molar-refractivity contribution in [2.24, 2.45) is 0 Å². The maximum Gasteiger partial charge on any atom is 0.281 e. The van der Waals surface area contributed by atoms with Gasteiger partial charge in [-0.1, -0.05) is 84.9 Å². The minimum absolute atomic E-state index is 1.06. The Bertz CT molecular complexity index is 872. The van der Waals surface area contributed by atoms with Crippen molar-refractivity contribution in [1.82, 2.24) is 0 Å². The van der Waals surface area contributed by atoms with E-state index in [2.05, 4.69) is 48.5 Å². The van der Waals surface area contributed by atoms with E-state index in [1.54, 1.807) is 0 Å². The monoisotopic (exact) mass is 299 g/mol. The number of hydrogen-bond donors (Lipinski definition) is 1. The molecule has 0 amide bonds. The highest BCUT2D eigenvalue weighted by molar-refractivity contribution is 6.82. The van der Waals surface area contributed by atoms with Crippen LogP contribution in [0.25, 0.3) is 21.5 Å². The highest BCUT2D eigenvalue weighted by Gasteiger charge is 2.19. The first-order valence-electron chi connectivity index (χ1n) is 7.37. The molecule has 0 saturated heterocycles. The van der Waals surface area contributed by atoms with E-state index in [1.165, 1.54) is 10.8 Å². The Morgan fingerprint density at radius 3 is 1.41 bits per heavy atom. The van der Waals surface area contributed by atoms with Crippen molar-refractivity contribution < 1.29 is 4.80 Å². The van der Waals surface area contributed by atoms with Crippen LogP contribution >= 0.6 is 0 Å². The van der Waals surface area contributed by atoms with Crippen LogP contribution in [0, 0.1) is 0 Å². The van der Waals surface area contributed by atoms with Gasteiger partial charge < -0.3 is 4.80 Å². The Morgan fingerprint density at radius 1 is 0.500 bits per heavy atom. The van der Waals surface area contributed by atoms with Crippen molar-refractivity contribution in [2.75, 3.05) is 0 Å². The third kappa shape index (κ3) is 2.13. The van der Waals surface area contributed by atoms with Gasteiger partial charge in [0.2, 0.25) is 0 Å². The first-order chi connectivity index (χ1) is 10.8. The molecule has 0 fully saturated rings. The normalized spacial score (nSPS) is 11.4. The Kier molecular flexibility index (Phi) is 3.26. The Labute approximate surface area is 131 Å². The van der Waals surface area contributed by atoms with Gasteiger partial charge in [-0.2, -0.15) is 0 Å². The van der Waals surface area contributed by atoms with E-state index >= 15 is 0 Å². The largest absolute Gasteiger partial charge is 0.424 e. The lowest BCUT2D eigenvalue weighted by Crippen LogP contribution is -2.43. The summed E-state index contributed by atoms with van der Waals surface area (Å²) in [6.07, 6.45) is 0. The van der Waals surface area contributed by atoms with Gasteiger partial charge in [0.1, 0.15) is 0 Å². The average Bonchev–Trinajstić information content (AvgIpc) is 2.60. The Hall–Kier alpha value is -2.42. The number of benzene rings is 4. The maximum absolute atomic E-state index is 11.1. The SMILES string of the molecule is O[Si](c1cccc2ccccc12)c1cccc2ccccc12. The lowest BCUT2D eigenvalue weighted by Gasteiger charge is -2.14. The molecule has 0 aromatic heterocycles. The van der Waals surface area contributed by atoms with Crippen molar-refractivity contribution in [1.29, 1.82) is 0 Å². The molecular weight excluding hydrogens is 284 g/mol. The molecule has 105 valence electrons. The molecule has 0 bridgehead atoms. The van der Waals surface area contributed by atoms with E-state index in [-0.39, 0.29) is 0 Å². The first kappa shape index (κ1) is 13.3. The van der Waals surface area contributed by atoms with Gasteiger partial charge >= 0.3 is 0 Å². The zero-order valence-electron chi connectivity index (χ0n) is 12.0. The minimum atomic E-state index is -1.79. The summed E-state index contributed by atoms with van der Waals surface area (Å²) >= 11 is 0. The van der Waals surface area contributed by atoms with Crippen molar-refractivity contribution in [3.05, 3.63) is 84.9 Å². The molecule has 0 unspecified atom stereocenters. The molecule has 22 heavy (non-hydrogen) atoms. The van der Waals surface area contributed by atoms with Gasteiger partial charge in [-0.3, -0.25) is 0 Å². The summed E-state index contributed by atoms with van der Waals surface area (Å²) in [5.41, 5.74) is 0. The molecule has 0 aliphatic carbocycles. The molecule has 4 aromatic carbocycles. The maximum atomic E-state index is 11.1. The molecule has 0 aliphatic heterocycles. The Balaban J connectivity index is 1.94. The minimum Gasteiger partial charge on any atom is -0.424 e. The van der Waals surface area contributed by atoms with Gasteiger partial charge in [0.15, 0.2) is 0 Å². The van der Waals surface area contributed by atoms with Crippen molar-refractivity contribution in [3.8, 4) is 0 Å². The summed E-state index contributed by atoms with van der Waals surface area (Å²) in [5.74, 6) is 0. The lowest BCUT2D eigenvalue weighted by molar-refractivity contribution is 0.601. The van der Waals surface area contributed by atoms with E-state index in [9.17, 15) is 4.80 Å². The zero-order chi connectivity index (χ0) is 14.9. The smallest absolute Gasteiger partial charge is 0.281 e. The highest BCUT2D eigenvalue weighted by atomic mass is 28.3. The van der Waals surface area contributed by atoms with Crippen LogP contribution < -0.4 is 10.4 Å². The molecule has 0 spiro atoms. The van der Waals surface area contributed by atoms with Crippen LogP contribution in [0.15, 0.2) is 84.9 Å². The lowest BCUT2D eigenvalue weighted by atomic mass is 10.1. The number of fused-ring (bicyclic) bond motifs is 2. The third-order valence-corrected chi connectivity index (χ3v) is 5.98. The molecule has 0 heterocycles. The second-order valence-electron chi connectivity index (χ2n) is 5.40. The fourth-order valence-electron chi connectivity index (χ4n) is 3.01. The topological polar surface area (TPSA) is 20.2 Å². The molecule has 1 nitrogen and oxygen atoms in total. The zero-order valence-corrected chi connectivity index (χ0v) is 13.0. The predicted octanol–water partition coefficient (Wildman–Crippen LogP) is 3.09. The van der Waals surface area contributed by atoms with Crippen LogP contribution in [0.4, 0.5) is 0 Å². The summed E-state index contributed by atoms with van der Waals surface area (Å²) < 4.78 is 0. The molecule has 0 saturated carbocycles. The van der Waals surface area contributed by atoms with E-state index in [1.807, 2.05) is 36.4 Å². The summed E-state index contributed by atoms with van der Waals surface area (Å²) in [6.45, 7) is 0. The van der Waals surface area contributed by atoms with Gasteiger partial charge in [-0.05, 0) is 31.9 Å². The average molecular weight is 299 g/mol. The van der Waals surface area contributed by atoms with Gasteiger partial charge in [-0.15, -0.1) is 0 Å². The molecule has 2 heteroatoms. The van der Waals surface area contributed by atoms with Gasteiger partial charge in [0.25, 0.3) is 9.04 Å². The van der Waals surface area contributed by atoms with Crippen molar-refractivity contribution in [2.45, 2.75) is 0 Å². The molecule has 1 N–H and O–H groups in total. The highest BCUT2D eigenvalue weighted by Crippen LogP contribution is 2.14. The quantitative estimate of drug-likeness (QED) is 0.564. The van der Waals surface area contributed by atoms with Gasteiger partial charge in [0.05, 0.1) is 0 Å². The summed E-state index contributed by atoms with van der Waals surface area (Å²) in [4.78, 5) is 11.1. The van der Waals surface area contributed by atoms with Crippen molar-refractivity contribution in [3.63, 3.8) is 0 Å². The standard InChI is InChI=1S/C20H15OSi/c21-22(19-13-5-9-15-7-1-3-11-17(15)19)20-14-6-10-16-8-2-4-12-18(16)20/h1-14,21H. The van der Waals surface area contributed by atoms with Gasteiger partial charge in [-0.25, -0.2) is 0 Å². The van der Waals surface area contributed by atoms with Crippen LogP contribution in [0.2, 0.25) is 0 Å². The van der Waals surface area contributed by atoms with Crippen LogP contribution in [0.5, 0.6) is 0 Å². The molecule has 4 rings (SSSR count).